The minimum Gasteiger partial charge on any atom is -0.508 e. The Bertz CT molecular complexity index is 757. The van der Waals surface area contributed by atoms with Gasteiger partial charge in [-0.3, -0.25) is 0 Å². The van der Waals surface area contributed by atoms with Crippen molar-refractivity contribution in [2.24, 2.45) is 0 Å². The summed E-state index contributed by atoms with van der Waals surface area (Å²) in [5.74, 6) is 0.723. The lowest BCUT2D eigenvalue weighted by Gasteiger charge is -2.26. The zero-order valence-electron chi connectivity index (χ0n) is 15.6. The van der Waals surface area contributed by atoms with E-state index in [0.717, 1.165) is 11.1 Å². The number of hydrogen-bond donors (Lipinski definition) is 4. The Kier molecular flexibility index (Phi) is 7.95. The Balaban J connectivity index is 0.000000305. The summed E-state index contributed by atoms with van der Waals surface area (Å²) in [6, 6.07) is 20.3. The van der Waals surface area contributed by atoms with Crippen LogP contribution in [-0.2, 0) is 5.41 Å². The highest BCUT2D eigenvalue weighted by molar-refractivity contribution is 5.41. The standard InChI is InChI=1S/C15H16O2.C6H6O2.C2H4/c1-15(2,11-3-7-13(16)8-4-11)12-5-9-14(17)10-6-12;7-5-2-1-3-6(8)4-5;1-2/h3-10,16-17H,1-2H3;1-4,7-8H;1-2H2. The van der Waals surface area contributed by atoms with Crippen molar-refractivity contribution in [1.29, 1.82) is 0 Å². The smallest absolute Gasteiger partial charge is 0.119 e. The predicted octanol–water partition coefficient (Wildman–Crippen LogP) is 5.32. The lowest BCUT2D eigenvalue weighted by atomic mass is 9.78. The molecule has 4 heteroatoms. The van der Waals surface area contributed by atoms with E-state index in [1.54, 1.807) is 30.3 Å². The van der Waals surface area contributed by atoms with Crippen molar-refractivity contribution >= 4 is 0 Å². The van der Waals surface area contributed by atoms with Gasteiger partial charge in [0.1, 0.15) is 23.0 Å². The van der Waals surface area contributed by atoms with Gasteiger partial charge in [-0.1, -0.05) is 44.2 Å². The molecule has 0 fully saturated rings. The molecule has 3 aromatic carbocycles. The van der Waals surface area contributed by atoms with Crippen molar-refractivity contribution in [3.05, 3.63) is 97.1 Å². The van der Waals surface area contributed by atoms with E-state index in [4.69, 9.17) is 10.2 Å². The third-order valence-corrected chi connectivity index (χ3v) is 4.01. The first-order valence-electron chi connectivity index (χ1n) is 8.36. The van der Waals surface area contributed by atoms with Gasteiger partial charge in [0.2, 0.25) is 0 Å². The molecule has 4 nitrogen and oxygen atoms in total. The van der Waals surface area contributed by atoms with E-state index in [9.17, 15) is 10.2 Å². The van der Waals surface area contributed by atoms with Crippen molar-refractivity contribution in [2.75, 3.05) is 0 Å². The van der Waals surface area contributed by atoms with Crippen LogP contribution >= 0.6 is 0 Å². The zero-order chi connectivity index (χ0) is 20.4. The maximum atomic E-state index is 9.30. The van der Waals surface area contributed by atoms with Crippen LogP contribution in [0.4, 0.5) is 0 Å². The molecule has 0 aromatic heterocycles. The molecule has 0 atom stereocenters. The number of aromatic hydroxyl groups is 4. The van der Waals surface area contributed by atoms with E-state index in [-0.39, 0.29) is 28.4 Å². The highest BCUT2D eigenvalue weighted by Gasteiger charge is 2.22. The second kappa shape index (κ2) is 9.92. The molecular weight excluding hydrogens is 340 g/mol. The molecule has 4 N–H and O–H groups in total. The van der Waals surface area contributed by atoms with Crippen molar-refractivity contribution in [1.82, 2.24) is 0 Å². The summed E-state index contributed by atoms with van der Waals surface area (Å²) in [5, 5.41) is 35.9. The summed E-state index contributed by atoms with van der Waals surface area (Å²) in [6.45, 7) is 10.2. The minimum atomic E-state index is -0.151. The molecule has 0 aliphatic heterocycles. The molecule has 0 bridgehead atoms. The maximum absolute atomic E-state index is 9.30. The van der Waals surface area contributed by atoms with E-state index in [0.29, 0.717) is 0 Å². The molecule has 0 aliphatic carbocycles. The number of benzene rings is 3. The first kappa shape index (κ1) is 21.6. The summed E-state index contributed by atoms with van der Waals surface area (Å²) in [6.07, 6.45) is 0. The summed E-state index contributed by atoms with van der Waals surface area (Å²) < 4.78 is 0. The Morgan fingerprint density at radius 1 is 0.556 bits per heavy atom. The molecule has 0 radical (unpaired) electrons. The topological polar surface area (TPSA) is 80.9 Å². The first-order valence-corrected chi connectivity index (χ1v) is 8.36. The van der Waals surface area contributed by atoms with E-state index in [1.165, 1.54) is 18.2 Å². The molecule has 0 heterocycles. The molecular formula is C23H26O4. The SMILES string of the molecule is C=C.CC(C)(c1ccc(O)cc1)c1ccc(O)cc1.Oc1cccc(O)c1. The summed E-state index contributed by atoms with van der Waals surface area (Å²) in [5.41, 5.74) is 2.10. The van der Waals surface area contributed by atoms with Crippen molar-refractivity contribution < 1.29 is 20.4 Å². The number of rotatable bonds is 2. The average molecular weight is 366 g/mol. The van der Waals surface area contributed by atoms with Crippen LogP contribution in [0.5, 0.6) is 23.0 Å². The Morgan fingerprint density at radius 2 is 0.889 bits per heavy atom. The summed E-state index contributed by atoms with van der Waals surface area (Å²) >= 11 is 0. The highest BCUT2D eigenvalue weighted by Crippen LogP contribution is 2.32. The number of phenols is 4. The normalized spacial score (nSPS) is 10.0. The Labute approximate surface area is 160 Å². The quantitative estimate of drug-likeness (QED) is 0.463. The van der Waals surface area contributed by atoms with E-state index in [2.05, 4.69) is 27.0 Å². The maximum Gasteiger partial charge on any atom is 0.119 e. The van der Waals surface area contributed by atoms with Gasteiger partial charge in [0.05, 0.1) is 0 Å². The fourth-order valence-corrected chi connectivity index (χ4v) is 2.42. The summed E-state index contributed by atoms with van der Waals surface area (Å²) in [7, 11) is 0. The number of phenolic OH excluding ortho intramolecular Hbond substituents is 4. The molecule has 0 spiro atoms. The van der Waals surface area contributed by atoms with Crippen LogP contribution in [0.1, 0.15) is 25.0 Å². The molecule has 0 amide bonds. The molecule has 142 valence electrons. The lowest BCUT2D eigenvalue weighted by Crippen LogP contribution is -2.18. The second-order valence-electron chi connectivity index (χ2n) is 6.24. The van der Waals surface area contributed by atoms with Crippen LogP contribution in [0.2, 0.25) is 0 Å². The molecule has 27 heavy (non-hydrogen) atoms. The molecule has 0 saturated heterocycles. The molecule has 3 aromatic rings. The van der Waals surface area contributed by atoms with Crippen LogP contribution in [-0.4, -0.2) is 20.4 Å². The zero-order valence-corrected chi connectivity index (χ0v) is 15.6. The van der Waals surface area contributed by atoms with Crippen LogP contribution < -0.4 is 0 Å². The average Bonchev–Trinajstić information content (AvgIpc) is 2.64. The Morgan fingerprint density at radius 3 is 1.15 bits per heavy atom. The lowest BCUT2D eigenvalue weighted by molar-refractivity contribution is 0.450. The van der Waals surface area contributed by atoms with Gasteiger partial charge in [-0.2, -0.15) is 0 Å². The van der Waals surface area contributed by atoms with Gasteiger partial charge in [0.25, 0.3) is 0 Å². The molecule has 0 saturated carbocycles. The van der Waals surface area contributed by atoms with Crippen molar-refractivity contribution in [2.45, 2.75) is 19.3 Å². The fourth-order valence-electron chi connectivity index (χ4n) is 2.42. The van der Waals surface area contributed by atoms with Crippen molar-refractivity contribution in [3.63, 3.8) is 0 Å². The van der Waals surface area contributed by atoms with Crippen LogP contribution in [0.15, 0.2) is 86.0 Å². The van der Waals surface area contributed by atoms with Gasteiger partial charge in [0.15, 0.2) is 0 Å². The molecule has 0 unspecified atom stereocenters. The van der Waals surface area contributed by atoms with Crippen LogP contribution in [0.25, 0.3) is 0 Å². The van der Waals surface area contributed by atoms with Gasteiger partial charge < -0.3 is 20.4 Å². The van der Waals surface area contributed by atoms with E-state index >= 15 is 0 Å². The first-order chi connectivity index (χ1) is 12.8. The second-order valence-corrected chi connectivity index (χ2v) is 6.24. The molecule has 3 rings (SSSR count). The van der Waals surface area contributed by atoms with Gasteiger partial charge >= 0.3 is 0 Å². The largest absolute Gasteiger partial charge is 0.508 e. The van der Waals surface area contributed by atoms with Gasteiger partial charge in [-0.15, -0.1) is 13.2 Å². The van der Waals surface area contributed by atoms with Crippen molar-refractivity contribution in [3.8, 4) is 23.0 Å². The summed E-state index contributed by atoms with van der Waals surface area (Å²) in [4.78, 5) is 0. The predicted molar refractivity (Wildman–Crippen MR) is 109 cm³/mol. The molecule has 0 aliphatic rings. The van der Waals surface area contributed by atoms with Gasteiger partial charge in [0, 0.05) is 11.5 Å². The third kappa shape index (κ3) is 6.44. The monoisotopic (exact) mass is 366 g/mol. The van der Waals surface area contributed by atoms with Crippen LogP contribution in [0.3, 0.4) is 0 Å². The van der Waals surface area contributed by atoms with E-state index in [1.807, 2.05) is 24.3 Å². The van der Waals surface area contributed by atoms with E-state index < -0.39 is 0 Å². The number of hydrogen-bond acceptors (Lipinski definition) is 4. The Hall–Kier alpha value is -3.40. The van der Waals surface area contributed by atoms with Gasteiger partial charge in [-0.05, 0) is 47.5 Å². The minimum absolute atomic E-state index is 0.0880. The highest BCUT2D eigenvalue weighted by atomic mass is 16.3. The van der Waals surface area contributed by atoms with Crippen LogP contribution in [0, 0.1) is 0 Å². The fraction of sp³-hybridized carbons (Fsp3) is 0.130. The third-order valence-electron chi connectivity index (χ3n) is 4.01. The van der Waals surface area contributed by atoms with Gasteiger partial charge in [-0.25, -0.2) is 0 Å².